The van der Waals surface area contributed by atoms with Crippen LogP contribution in [0.25, 0.3) is 0 Å². The molecule has 1 aromatic carbocycles. The van der Waals surface area contributed by atoms with Crippen molar-refractivity contribution in [3.63, 3.8) is 0 Å². The third kappa shape index (κ3) is 3.01. The van der Waals surface area contributed by atoms with Gasteiger partial charge in [-0.1, -0.05) is 0 Å². The van der Waals surface area contributed by atoms with Gasteiger partial charge in [0.15, 0.2) is 9.84 Å². The van der Waals surface area contributed by atoms with Crippen LogP contribution in [0.2, 0.25) is 0 Å². The molecule has 1 N–H and O–H groups in total. The summed E-state index contributed by atoms with van der Waals surface area (Å²) < 4.78 is 23.3. The Bertz CT molecular complexity index is 467. The first-order chi connectivity index (χ1) is 7.47. The second-order valence-corrected chi connectivity index (χ2v) is 5.28. The Labute approximate surface area is 93.4 Å². The Morgan fingerprint density at radius 1 is 1.31 bits per heavy atom. The Morgan fingerprint density at radius 2 is 1.88 bits per heavy atom. The molecule has 0 aromatic heterocycles. The van der Waals surface area contributed by atoms with Crippen molar-refractivity contribution in [3.8, 4) is 0 Å². The quantitative estimate of drug-likeness (QED) is 0.604. The zero-order chi connectivity index (χ0) is 12.2. The minimum atomic E-state index is -3.35. The predicted molar refractivity (Wildman–Crippen MR) is 59.1 cm³/mol. The fourth-order valence-electron chi connectivity index (χ4n) is 1.13. The topological polar surface area (TPSA) is 89.3 Å². The summed E-state index contributed by atoms with van der Waals surface area (Å²) >= 11 is 0. The van der Waals surface area contributed by atoms with Gasteiger partial charge >= 0.3 is 0 Å². The van der Waals surface area contributed by atoms with Crippen LogP contribution in [0.4, 0.5) is 5.69 Å². The zero-order valence-corrected chi connectivity index (χ0v) is 9.53. The van der Waals surface area contributed by atoms with E-state index >= 15 is 0 Å². The summed E-state index contributed by atoms with van der Waals surface area (Å²) in [5.74, 6) is -0.0265. The van der Waals surface area contributed by atoms with E-state index in [2.05, 4.69) is 5.32 Å². The van der Waals surface area contributed by atoms with Crippen molar-refractivity contribution in [1.82, 2.24) is 5.32 Å². The molecule has 0 aliphatic heterocycles. The highest BCUT2D eigenvalue weighted by Gasteiger charge is 2.15. The average molecular weight is 244 g/mol. The molecule has 16 heavy (non-hydrogen) atoms. The van der Waals surface area contributed by atoms with Gasteiger partial charge in [-0.3, -0.25) is 10.1 Å². The summed E-state index contributed by atoms with van der Waals surface area (Å²) in [6.45, 7) is 0.347. The van der Waals surface area contributed by atoms with Crippen molar-refractivity contribution in [3.05, 3.63) is 34.4 Å². The van der Waals surface area contributed by atoms with E-state index in [0.29, 0.717) is 6.54 Å². The summed E-state index contributed by atoms with van der Waals surface area (Å²) in [5, 5.41) is 13.1. The standard InChI is InChI=1S/C9H12N2O4S/c1-10-6-7-16(14,15)9-4-2-8(3-5-9)11(12)13/h2-5,10H,6-7H2,1H3. The fraction of sp³-hybridized carbons (Fsp3) is 0.333. The molecule has 1 rings (SSSR count). The largest absolute Gasteiger partial charge is 0.319 e. The van der Waals surface area contributed by atoms with Crippen LogP contribution in [-0.2, 0) is 9.84 Å². The van der Waals surface area contributed by atoms with Gasteiger partial charge in [0.05, 0.1) is 15.6 Å². The Balaban J connectivity index is 2.93. The first kappa shape index (κ1) is 12.6. The highest BCUT2D eigenvalue weighted by atomic mass is 32.2. The molecule has 0 unspecified atom stereocenters. The van der Waals surface area contributed by atoms with E-state index in [1.54, 1.807) is 7.05 Å². The van der Waals surface area contributed by atoms with Crippen molar-refractivity contribution < 1.29 is 13.3 Å². The molecule has 0 radical (unpaired) electrons. The summed E-state index contributed by atoms with van der Waals surface area (Å²) in [4.78, 5) is 9.92. The van der Waals surface area contributed by atoms with Crippen LogP contribution in [-0.4, -0.2) is 32.7 Å². The number of nitro benzene ring substituents is 1. The number of hydrogen-bond acceptors (Lipinski definition) is 5. The number of rotatable bonds is 5. The van der Waals surface area contributed by atoms with Crippen molar-refractivity contribution in [2.45, 2.75) is 4.90 Å². The molecular formula is C9H12N2O4S. The first-order valence-electron chi connectivity index (χ1n) is 4.59. The van der Waals surface area contributed by atoms with Crippen LogP contribution >= 0.6 is 0 Å². The second-order valence-electron chi connectivity index (χ2n) is 3.17. The molecule has 0 aliphatic rings. The van der Waals surface area contributed by atoms with Crippen LogP contribution in [0.3, 0.4) is 0 Å². The third-order valence-corrected chi connectivity index (χ3v) is 3.76. The number of benzene rings is 1. The van der Waals surface area contributed by atoms with E-state index in [9.17, 15) is 18.5 Å². The zero-order valence-electron chi connectivity index (χ0n) is 8.71. The lowest BCUT2D eigenvalue weighted by molar-refractivity contribution is -0.384. The molecule has 0 saturated heterocycles. The summed E-state index contributed by atoms with van der Waals surface area (Å²) in [6.07, 6.45) is 0. The highest BCUT2D eigenvalue weighted by Crippen LogP contribution is 2.16. The van der Waals surface area contributed by atoms with E-state index in [1.807, 2.05) is 0 Å². The van der Waals surface area contributed by atoms with Crippen molar-refractivity contribution >= 4 is 15.5 Å². The minimum absolute atomic E-state index is 0.0265. The number of non-ortho nitro benzene ring substituents is 1. The van der Waals surface area contributed by atoms with E-state index in [1.165, 1.54) is 24.3 Å². The maximum atomic E-state index is 11.7. The van der Waals surface area contributed by atoms with E-state index in [-0.39, 0.29) is 16.3 Å². The van der Waals surface area contributed by atoms with Crippen LogP contribution in [0.1, 0.15) is 0 Å². The van der Waals surface area contributed by atoms with Crippen LogP contribution in [0, 0.1) is 10.1 Å². The molecule has 0 bridgehead atoms. The van der Waals surface area contributed by atoms with Gasteiger partial charge in [-0.2, -0.15) is 0 Å². The molecule has 0 amide bonds. The van der Waals surface area contributed by atoms with Crippen molar-refractivity contribution in [2.75, 3.05) is 19.3 Å². The summed E-state index contributed by atoms with van der Waals surface area (Å²) in [6, 6.07) is 4.88. The monoisotopic (exact) mass is 244 g/mol. The maximum Gasteiger partial charge on any atom is 0.269 e. The Hall–Kier alpha value is -1.47. The second kappa shape index (κ2) is 5.04. The molecule has 1 aromatic rings. The van der Waals surface area contributed by atoms with E-state index in [0.717, 1.165) is 0 Å². The SMILES string of the molecule is CNCCS(=O)(=O)c1ccc([N+](=O)[O-])cc1. The van der Waals surface area contributed by atoms with Crippen LogP contribution < -0.4 is 5.32 Å². The van der Waals surface area contributed by atoms with E-state index in [4.69, 9.17) is 0 Å². The van der Waals surface area contributed by atoms with Gasteiger partial charge in [-0.05, 0) is 19.2 Å². The first-order valence-corrected chi connectivity index (χ1v) is 6.24. The van der Waals surface area contributed by atoms with Gasteiger partial charge in [0, 0.05) is 18.7 Å². The minimum Gasteiger partial charge on any atom is -0.319 e. The Kier molecular flexibility index (Phi) is 3.97. The van der Waals surface area contributed by atoms with Gasteiger partial charge in [0.1, 0.15) is 0 Å². The molecule has 0 heterocycles. The summed E-state index contributed by atoms with van der Waals surface area (Å²) in [5.41, 5.74) is -0.118. The van der Waals surface area contributed by atoms with Gasteiger partial charge < -0.3 is 5.32 Å². The third-order valence-electron chi connectivity index (χ3n) is 2.03. The lowest BCUT2D eigenvalue weighted by Crippen LogP contribution is -2.19. The van der Waals surface area contributed by atoms with Crippen LogP contribution in [0.15, 0.2) is 29.2 Å². The molecule has 88 valence electrons. The number of sulfone groups is 1. The molecule has 0 spiro atoms. The molecular weight excluding hydrogens is 232 g/mol. The number of nitrogens with zero attached hydrogens (tertiary/aromatic N) is 1. The molecule has 0 atom stereocenters. The summed E-state index contributed by atoms with van der Waals surface area (Å²) in [7, 11) is -1.69. The van der Waals surface area contributed by atoms with Gasteiger partial charge in [0.2, 0.25) is 0 Å². The molecule has 0 fully saturated rings. The maximum absolute atomic E-state index is 11.7. The van der Waals surface area contributed by atoms with Gasteiger partial charge in [-0.15, -0.1) is 0 Å². The molecule has 0 saturated carbocycles. The lowest BCUT2D eigenvalue weighted by atomic mass is 10.3. The van der Waals surface area contributed by atoms with Crippen molar-refractivity contribution in [2.24, 2.45) is 0 Å². The average Bonchev–Trinajstić information content (AvgIpc) is 2.26. The number of nitro groups is 1. The Morgan fingerprint density at radius 3 is 2.31 bits per heavy atom. The molecule has 6 nitrogen and oxygen atoms in total. The van der Waals surface area contributed by atoms with E-state index < -0.39 is 14.8 Å². The number of hydrogen-bond donors (Lipinski definition) is 1. The van der Waals surface area contributed by atoms with Crippen LogP contribution in [0.5, 0.6) is 0 Å². The van der Waals surface area contributed by atoms with Gasteiger partial charge in [0.25, 0.3) is 5.69 Å². The van der Waals surface area contributed by atoms with Gasteiger partial charge in [-0.25, -0.2) is 8.42 Å². The van der Waals surface area contributed by atoms with Crippen molar-refractivity contribution in [1.29, 1.82) is 0 Å². The molecule has 7 heteroatoms. The smallest absolute Gasteiger partial charge is 0.269 e. The lowest BCUT2D eigenvalue weighted by Gasteiger charge is -2.03. The highest BCUT2D eigenvalue weighted by molar-refractivity contribution is 7.91. The predicted octanol–water partition coefficient (Wildman–Crippen LogP) is 0.588. The fourth-order valence-corrected chi connectivity index (χ4v) is 2.39. The number of nitrogens with one attached hydrogen (secondary N) is 1. The molecule has 0 aliphatic carbocycles. The normalized spacial score (nSPS) is 11.3.